The lowest BCUT2D eigenvalue weighted by Gasteiger charge is -2.18. The van der Waals surface area contributed by atoms with E-state index >= 15 is 0 Å². The summed E-state index contributed by atoms with van der Waals surface area (Å²) in [7, 11) is 0. The van der Waals surface area contributed by atoms with E-state index in [1.807, 2.05) is 0 Å². The van der Waals surface area contributed by atoms with Crippen LogP contribution in [0.3, 0.4) is 0 Å². The van der Waals surface area contributed by atoms with Crippen LogP contribution >= 0.6 is 22.9 Å². The summed E-state index contributed by atoms with van der Waals surface area (Å²) < 4.78 is 0. The van der Waals surface area contributed by atoms with Gasteiger partial charge < -0.3 is 4.90 Å². The molecule has 0 atom stereocenters. The van der Waals surface area contributed by atoms with Crippen molar-refractivity contribution in [1.82, 2.24) is 4.98 Å². The van der Waals surface area contributed by atoms with Crippen molar-refractivity contribution in [3.63, 3.8) is 0 Å². The Balaban J connectivity index is 1.53. The maximum atomic E-state index is 5.77. The van der Waals surface area contributed by atoms with Crippen LogP contribution in [0.2, 0.25) is 0 Å². The number of fused-ring (bicyclic) bond motifs is 1. The maximum absolute atomic E-state index is 5.77. The molecule has 2 heterocycles. The zero-order valence-electron chi connectivity index (χ0n) is 10.8. The van der Waals surface area contributed by atoms with Gasteiger partial charge in [-0.1, -0.05) is 18.2 Å². The number of thiazole rings is 1. The molecule has 1 aromatic heterocycles. The van der Waals surface area contributed by atoms with Gasteiger partial charge in [0.05, 0.1) is 16.6 Å². The van der Waals surface area contributed by atoms with Crippen molar-refractivity contribution in [3.05, 3.63) is 45.9 Å². The van der Waals surface area contributed by atoms with Crippen LogP contribution in [0.5, 0.6) is 0 Å². The smallest absolute Gasteiger partial charge is 0.0929 e. The average Bonchev–Trinajstić information content (AvgIpc) is 3.06. The highest BCUT2D eigenvalue weighted by atomic mass is 35.5. The third kappa shape index (κ3) is 2.93. The fourth-order valence-corrected chi connectivity index (χ4v) is 3.65. The molecule has 0 fully saturated rings. The second-order valence-electron chi connectivity index (χ2n) is 4.84. The number of aromatic nitrogens is 1. The molecule has 3 rings (SSSR count). The molecule has 1 aliphatic heterocycles. The SMILES string of the molecule is ClCc1csc(CCCN2CCc3ccccc32)n1. The summed E-state index contributed by atoms with van der Waals surface area (Å²) >= 11 is 7.50. The molecule has 0 N–H and O–H groups in total. The first kappa shape index (κ1) is 12.9. The molecule has 2 nitrogen and oxygen atoms in total. The number of nitrogens with zero attached hydrogens (tertiary/aromatic N) is 2. The maximum Gasteiger partial charge on any atom is 0.0929 e. The van der Waals surface area contributed by atoms with E-state index in [2.05, 4.69) is 39.5 Å². The second-order valence-corrected chi connectivity index (χ2v) is 6.05. The van der Waals surface area contributed by atoms with E-state index < -0.39 is 0 Å². The minimum Gasteiger partial charge on any atom is -0.371 e. The van der Waals surface area contributed by atoms with Gasteiger partial charge in [0.1, 0.15) is 0 Å². The molecule has 0 bridgehead atoms. The standard InChI is InChI=1S/C15H17ClN2S/c16-10-13-11-19-15(17-13)6-3-8-18-9-7-12-4-1-2-5-14(12)18/h1-2,4-5,11H,3,6-10H2. The Labute approximate surface area is 123 Å². The topological polar surface area (TPSA) is 16.1 Å². The van der Waals surface area contributed by atoms with Crippen LogP contribution in [0.25, 0.3) is 0 Å². The molecular weight excluding hydrogens is 276 g/mol. The largest absolute Gasteiger partial charge is 0.371 e. The number of halogens is 1. The van der Waals surface area contributed by atoms with Gasteiger partial charge in [0.2, 0.25) is 0 Å². The summed E-state index contributed by atoms with van der Waals surface area (Å²) in [6.45, 7) is 2.27. The van der Waals surface area contributed by atoms with Gasteiger partial charge in [-0.3, -0.25) is 0 Å². The molecule has 0 saturated heterocycles. The summed E-state index contributed by atoms with van der Waals surface area (Å²) in [5.74, 6) is 0.524. The predicted octanol–water partition coefficient (Wildman–Crippen LogP) is 3.88. The van der Waals surface area contributed by atoms with Gasteiger partial charge in [-0.05, 0) is 24.5 Å². The van der Waals surface area contributed by atoms with Crippen molar-refractivity contribution < 1.29 is 0 Å². The summed E-state index contributed by atoms with van der Waals surface area (Å²) in [6, 6.07) is 8.73. The van der Waals surface area contributed by atoms with Crippen molar-refractivity contribution in [1.29, 1.82) is 0 Å². The normalized spacial score (nSPS) is 13.8. The van der Waals surface area contributed by atoms with E-state index in [1.54, 1.807) is 11.3 Å². The van der Waals surface area contributed by atoms with Crippen molar-refractivity contribution in [2.45, 2.75) is 25.1 Å². The lowest BCUT2D eigenvalue weighted by molar-refractivity contribution is 0.747. The van der Waals surface area contributed by atoms with E-state index in [4.69, 9.17) is 11.6 Å². The van der Waals surface area contributed by atoms with E-state index in [0.717, 1.165) is 31.6 Å². The number of alkyl halides is 1. The molecule has 0 spiro atoms. The molecule has 100 valence electrons. The zero-order valence-corrected chi connectivity index (χ0v) is 12.4. The Morgan fingerprint density at radius 2 is 2.21 bits per heavy atom. The average molecular weight is 293 g/mol. The van der Waals surface area contributed by atoms with Crippen LogP contribution in [0.15, 0.2) is 29.6 Å². The van der Waals surface area contributed by atoms with Gasteiger partial charge in [0, 0.05) is 30.6 Å². The van der Waals surface area contributed by atoms with E-state index in [9.17, 15) is 0 Å². The van der Waals surface area contributed by atoms with Crippen LogP contribution in [-0.2, 0) is 18.7 Å². The molecule has 1 aliphatic rings. The molecule has 2 aromatic rings. The first-order valence-corrected chi connectivity index (χ1v) is 8.10. The summed E-state index contributed by atoms with van der Waals surface area (Å²) in [5.41, 5.74) is 3.91. The van der Waals surface area contributed by atoms with Crippen LogP contribution < -0.4 is 4.90 Å². The number of benzene rings is 1. The first-order valence-electron chi connectivity index (χ1n) is 6.69. The molecule has 0 amide bonds. The summed E-state index contributed by atoms with van der Waals surface area (Å²) in [4.78, 5) is 7.00. The molecule has 0 aliphatic carbocycles. The number of hydrogen-bond acceptors (Lipinski definition) is 3. The first-order chi connectivity index (χ1) is 9.36. The molecule has 4 heteroatoms. The van der Waals surface area contributed by atoms with Crippen molar-refractivity contribution in [2.75, 3.05) is 18.0 Å². The van der Waals surface area contributed by atoms with Crippen LogP contribution in [-0.4, -0.2) is 18.1 Å². The zero-order chi connectivity index (χ0) is 13.1. The fourth-order valence-electron chi connectivity index (χ4n) is 2.59. The third-order valence-electron chi connectivity index (χ3n) is 3.54. The molecule has 0 unspecified atom stereocenters. The predicted molar refractivity (Wildman–Crippen MR) is 82.4 cm³/mol. The monoisotopic (exact) mass is 292 g/mol. The van der Waals surface area contributed by atoms with Gasteiger partial charge in [0.15, 0.2) is 0 Å². The minimum atomic E-state index is 0.524. The highest BCUT2D eigenvalue weighted by molar-refractivity contribution is 7.09. The number of hydrogen-bond donors (Lipinski definition) is 0. The van der Waals surface area contributed by atoms with Gasteiger partial charge in [-0.2, -0.15) is 0 Å². The van der Waals surface area contributed by atoms with Crippen LogP contribution in [0.4, 0.5) is 5.69 Å². The van der Waals surface area contributed by atoms with E-state index in [0.29, 0.717) is 5.88 Å². The second kappa shape index (κ2) is 5.93. The molecule has 19 heavy (non-hydrogen) atoms. The fraction of sp³-hybridized carbons (Fsp3) is 0.400. The van der Waals surface area contributed by atoms with E-state index in [-0.39, 0.29) is 0 Å². The number of rotatable bonds is 5. The molecule has 0 saturated carbocycles. The lowest BCUT2D eigenvalue weighted by Crippen LogP contribution is -2.22. The van der Waals surface area contributed by atoms with Gasteiger partial charge >= 0.3 is 0 Å². The van der Waals surface area contributed by atoms with Crippen molar-refractivity contribution in [2.24, 2.45) is 0 Å². The third-order valence-corrected chi connectivity index (χ3v) is 4.77. The molecule has 0 radical (unpaired) electrons. The number of para-hydroxylation sites is 1. The summed E-state index contributed by atoms with van der Waals surface area (Å²) in [6.07, 6.45) is 3.40. The van der Waals surface area contributed by atoms with Crippen LogP contribution in [0, 0.1) is 0 Å². The van der Waals surface area contributed by atoms with Gasteiger partial charge in [-0.25, -0.2) is 4.98 Å². The lowest BCUT2D eigenvalue weighted by atomic mass is 10.2. The Hall–Kier alpha value is -1.06. The Morgan fingerprint density at radius 3 is 3.05 bits per heavy atom. The Kier molecular flexibility index (Phi) is 4.04. The quantitative estimate of drug-likeness (QED) is 0.778. The van der Waals surface area contributed by atoms with Crippen molar-refractivity contribution >= 4 is 28.6 Å². The van der Waals surface area contributed by atoms with Crippen LogP contribution in [0.1, 0.15) is 22.7 Å². The summed E-state index contributed by atoms with van der Waals surface area (Å²) in [5, 5.41) is 3.27. The number of anilines is 1. The highest BCUT2D eigenvalue weighted by Gasteiger charge is 2.17. The molecule has 1 aromatic carbocycles. The highest BCUT2D eigenvalue weighted by Crippen LogP contribution is 2.27. The van der Waals surface area contributed by atoms with E-state index in [1.165, 1.54) is 22.7 Å². The van der Waals surface area contributed by atoms with Gasteiger partial charge in [-0.15, -0.1) is 22.9 Å². The Morgan fingerprint density at radius 1 is 1.32 bits per heavy atom. The Bertz CT molecular complexity index is 553. The molecular formula is C15H17ClN2S. The van der Waals surface area contributed by atoms with Gasteiger partial charge in [0.25, 0.3) is 0 Å². The minimum absolute atomic E-state index is 0.524. The van der Waals surface area contributed by atoms with Crippen molar-refractivity contribution in [3.8, 4) is 0 Å². The number of aryl methyl sites for hydroxylation is 1.